The Morgan fingerprint density at radius 1 is 1.20 bits per heavy atom. The second-order valence-corrected chi connectivity index (χ2v) is 6.50. The number of hydrogen-bond donors (Lipinski definition) is 3. The number of hydrogen-bond acceptors (Lipinski definition) is 8. The van der Waals surface area contributed by atoms with Crippen molar-refractivity contribution < 1.29 is 18.5 Å². The Hall–Kier alpha value is -4.28. The first-order valence-corrected chi connectivity index (χ1v) is 8.73. The number of carbonyl (C=O) groups is 2. The minimum atomic E-state index is -0.674. The number of carbonyl (C=O) groups excluding carboxylic acids is 2. The number of nitrogens with zero attached hydrogens (tertiary/aromatic N) is 4. The van der Waals surface area contributed by atoms with E-state index in [0.29, 0.717) is 11.1 Å². The number of rotatable bonds is 3. The molecule has 3 heterocycles. The summed E-state index contributed by atoms with van der Waals surface area (Å²) in [4.78, 5) is 27.9. The lowest BCUT2D eigenvalue weighted by Gasteiger charge is -2.10. The summed E-state index contributed by atoms with van der Waals surface area (Å²) < 4.78 is 21.2. The molecule has 0 spiro atoms. The zero-order valence-corrected chi connectivity index (χ0v) is 15.9. The smallest absolute Gasteiger partial charge is 0.341 e. The van der Waals surface area contributed by atoms with Crippen LogP contribution < -0.4 is 16.8 Å². The van der Waals surface area contributed by atoms with Crippen molar-refractivity contribution in [3.63, 3.8) is 0 Å². The van der Waals surface area contributed by atoms with Crippen LogP contribution in [-0.2, 0) is 0 Å². The number of ketones is 1. The van der Waals surface area contributed by atoms with Crippen LogP contribution in [0.5, 0.6) is 0 Å². The van der Waals surface area contributed by atoms with Gasteiger partial charge < -0.3 is 21.3 Å². The van der Waals surface area contributed by atoms with E-state index < -0.39 is 11.8 Å². The highest BCUT2D eigenvalue weighted by molar-refractivity contribution is 6.06. The molecule has 0 bridgehead atoms. The summed E-state index contributed by atoms with van der Waals surface area (Å²) in [5, 5.41) is 10.5. The van der Waals surface area contributed by atoms with Crippen LogP contribution in [0, 0.1) is 5.82 Å². The van der Waals surface area contributed by atoms with Crippen molar-refractivity contribution in [2.45, 2.75) is 6.92 Å². The molecule has 30 heavy (non-hydrogen) atoms. The number of nitrogens with one attached hydrogen (secondary N) is 1. The van der Waals surface area contributed by atoms with E-state index in [0.717, 1.165) is 10.7 Å². The van der Waals surface area contributed by atoms with Gasteiger partial charge in [-0.25, -0.2) is 9.18 Å². The topological polar surface area (TPSA) is 155 Å². The number of anilines is 2. The summed E-state index contributed by atoms with van der Waals surface area (Å²) in [5.74, 6) is -0.998. The molecule has 0 fully saturated rings. The lowest BCUT2D eigenvalue weighted by atomic mass is 9.99. The van der Waals surface area contributed by atoms with Crippen LogP contribution in [0.25, 0.3) is 33.4 Å². The van der Waals surface area contributed by atoms with Crippen LogP contribution in [0.1, 0.15) is 17.3 Å². The molecular weight excluding hydrogens is 393 g/mol. The summed E-state index contributed by atoms with van der Waals surface area (Å²) in [6.45, 7) is 1.33. The molecule has 4 aromatic rings. The third-order valence-corrected chi connectivity index (χ3v) is 4.61. The van der Waals surface area contributed by atoms with E-state index in [2.05, 4.69) is 20.6 Å². The van der Waals surface area contributed by atoms with Crippen molar-refractivity contribution >= 4 is 34.3 Å². The molecule has 11 heteroatoms. The average molecular weight is 409 g/mol. The molecule has 10 nitrogen and oxygen atoms in total. The van der Waals surface area contributed by atoms with Gasteiger partial charge in [0.25, 0.3) is 0 Å². The van der Waals surface area contributed by atoms with Gasteiger partial charge in [-0.2, -0.15) is 9.78 Å². The van der Waals surface area contributed by atoms with Crippen LogP contribution in [0.3, 0.4) is 0 Å². The van der Waals surface area contributed by atoms with Crippen LogP contribution in [0.2, 0.25) is 0 Å². The van der Waals surface area contributed by atoms with Gasteiger partial charge in [0.1, 0.15) is 5.82 Å². The standard InChI is InChI=1S/C19H16FN7O3/c1-8(28)10-3-11(13(20)4-14(10)21)16-15-17(30-26-18(15)22)12(6-24-16)9-5-25-27(7-9)19(29)23-2/h3-7H,21H2,1-2H3,(H2,22,26)(H,23,29). The maximum atomic E-state index is 14.7. The molecule has 0 aliphatic heterocycles. The number of fused-ring (bicyclic) bond motifs is 1. The Balaban J connectivity index is 1.94. The number of amides is 1. The van der Waals surface area contributed by atoms with E-state index in [1.54, 1.807) is 0 Å². The number of Topliss-reactive ketones (excluding diaryl/α,β-unsaturated/α-hetero) is 1. The van der Waals surface area contributed by atoms with E-state index in [1.807, 2.05) is 0 Å². The third kappa shape index (κ3) is 2.92. The zero-order valence-electron chi connectivity index (χ0n) is 15.9. The van der Waals surface area contributed by atoms with Gasteiger partial charge in [0, 0.05) is 47.4 Å². The number of pyridine rings is 1. The molecule has 3 aromatic heterocycles. The Labute approximate surface area is 168 Å². The Bertz CT molecular complexity index is 1330. The molecule has 0 unspecified atom stereocenters. The quantitative estimate of drug-likeness (QED) is 0.344. The van der Waals surface area contributed by atoms with E-state index in [-0.39, 0.29) is 45.1 Å². The highest BCUT2D eigenvalue weighted by atomic mass is 19.1. The summed E-state index contributed by atoms with van der Waals surface area (Å²) >= 11 is 0. The fraction of sp³-hybridized carbons (Fsp3) is 0.105. The fourth-order valence-electron chi connectivity index (χ4n) is 3.14. The molecule has 0 radical (unpaired) electrons. The van der Waals surface area contributed by atoms with Gasteiger partial charge in [0.15, 0.2) is 17.2 Å². The summed E-state index contributed by atoms with van der Waals surface area (Å²) in [5.41, 5.74) is 13.3. The first-order valence-electron chi connectivity index (χ1n) is 8.73. The number of aromatic nitrogens is 4. The van der Waals surface area contributed by atoms with Gasteiger partial charge in [-0.15, -0.1) is 0 Å². The Morgan fingerprint density at radius 3 is 2.67 bits per heavy atom. The molecule has 0 saturated heterocycles. The molecule has 0 aliphatic rings. The second-order valence-electron chi connectivity index (χ2n) is 6.50. The summed E-state index contributed by atoms with van der Waals surface area (Å²) in [6, 6.07) is 1.95. The molecular formula is C19H16FN7O3. The molecule has 4 rings (SSSR count). The first-order chi connectivity index (χ1) is 14.3. The third-order valence-electron chi connectivity index (χ3n) is 4.61. The lowest BCUT2D eigenvalue weighted by Crippen LogP contribution is -2.24. The van der Waals surface area contributed by atoms with Crippen molar-refractivity contribution in [1.82, 2.24) is 25.2 Å². The summed E-state index contributed by atoms with van der Waals surface area (Å²) in [7, 11) is 1.48. The van der Waals surface area contributed by atoms with Crippen LogP contribution in [-0.4, -0.2) is 38.8 Å². The van der Waals surface area contributed by atoms with Crippen LogP contribution >= 0.6 is 0 Å². The van der Waals surface area contributed by atoms with Gasteiger partial charge in [-0.05, 0) is 19.1 Å². The van der Waals surface area contributed by atoms with Gasteiger partial charge in [-0.3, -0.25) is 9.78 Å². The number of benzene rings is 1. The van der Waals surface area contributed by atoms with Crippen molar-refractivity contribution in [2.75, 3.05) is 18.5 Å². The predicted octanol–water partition coefficient (Wildman–Crippen LogP) is 2.45. The first kappa shape index (κ1) is 19.1. The van der Waals surface area contributed by atoms with Crippen LogP contribution in [0.15, 0.2) is 35.2 Å². The average Bonchev–Trinajstić information content (AvgIpc) is 3.35. The van der Waals surface area contributed by atoms with E-state index >= 15 is 0 Å². The molecule has 0 saturated carbocycles. The van der Waals surface area contributed by atoms with Crippen LogP contribution in [0.4, 0.5) is 20.7 Å². The molecule has 5 N–H and O–H groups in total. The SMILES string of the molecule is CNC(=O)n1cc(-c2cnc(-c3cc(C(C)=O)c(N)cc3F)c3c(N)noc23)cn1. The molecule has 0 atom stereocenters. The van der Waals surface area contributed by atoms with Gasteiger partial charge >= 0.3 is 6.03 Å². The minimum absolute atomic E-state index is 0.00589. The molecule has 1 aromatic carbocycles. The predicted molar refractivity (Wildman–Crippen MR) is 107 cm³/mol. The van der Waals surface area contributed by atoms with E-state index in [1.165, 1.54) is 38.6 Å². The summed E-state index contributed by atoms with van der Waals surface area (Å²) in [6.07, 6.45) is 4.35. The van der Waals surface area contributed by atoms with Crippen molar-refractivity contribution in [1.29, 1.82) is 0 Å². The van der Waals surface area contributed by atoms with Gasteiger partial charge in [0.2, 0.25) is 0 Å². The monoisotopic (exact) mass is 409 g/mol. The molecule has 1 amide bonds. The number of halogens is 1. The minimum Gasteiger partial charge on any atom is -0.398 e. The largest absolute Gasteiger partial charge is 0.398 e. The number of nitrogens with two attached hydrogens (primary N) is 2. The highest BCUT2D eigenvalue weighted by Crippen LogP contribution is 2.38. The van der Waals surface area contributed by atoms with Crippen molar-refractivity contribution in [3.05, 3.63) is 42.1 Å². The van der Waals surface area contributed by atoms with E-state index in [4.69, 9.17) is 16.0 Å². The highest BCUT2D eigenvalue weighted by Gasteiger charge is 2.23. The maximum Gasteiger partial charge on any atom is 0.341 e. The Morgan fingerprint density at radius 2 is 1.97 bits per heavy atom. The number of nitrogen functional groups attached to an aromatic ring is 2. The fourth-order valence-corrected chi connectivity index (χ4v) is 3.14. The zero-order chi connectivity index (χ0) is 21.6. The normalized spacial score (nSPS) is 11.0. The second kappa shape index (κ2) is 6.95. The lowest BCUT2D eigenvalue weighted by molar-refractivity contribution is 0.101. The van der Waals surface area contributed by atoms with Gasteiger partial charge in [-0.1, -0.05) is 5.16 Å². The van der Waals surface area contributed by atoms with Crippen molar-refractivity contribution in [2.24, 2.45) is 0 Å². The van der Waals surface area contributed by atoms with Gasteiger partial charge in [0.05, 0.1) is 17.3 Å². The van der Waals surface area contributed by atoms with E-state index in [9.17, 15) is 14.0 Å². The molecule has 152 valence electrons. The van der Waals surface area contributed by atoms with Crippen molar-refractivity contribution in [3.8, 4) is 22.4 Å². The maximum absolute atomic E-state index is 14.7. The Kier molecular flexibility index (Phi) is 4.42. The molecule has 0 aliphatic carbocycles.